The van der Waals surface area contributed by atoms with Gasteiger partial charge in [0, 0.05) is 7.11 Å². The molecule has 0 spiro atoms. The van der Waals surface area contributed by atoms with Crippen molar-refractivity contribution in [1.29, 1.82) is 0 Å². The van der Waals surface area contributed by atoms with Gasteiger partial charge in [0.25, 0.3) is 0 Å². The predicted octanol–water partition coefficient (Wildman–Crippen LogP) is 1.90. The zero-order valence-electron chi connectivity index (χ0n) is 10.3. The van der Waals surface area contributed by atoms with E-state index in [2.05, 4.69) is 19.6 Å². The topological polar surface area (TPSA) is 38.7 Å². The van der Waals surface area contributed by atoms with Gasteiger partial charge < -0.3 is 13.3 Å². The monoisotopic (exact) mass is 252 g/mol. The Morgan fingerprint density at radius 3 is 1.93 bits per heavy atom. The lowest BCUT2D eigenvalue weighted by atomic mass is 10.9. The van der Waals surface area contributed by atoms with Crippen LogP contribution in [0.25, 0.3) is 0 Å². The number of hydrogen-bond donors (Lipinski definition) is 1. The van der Waals surface area contributed by atoms with Gasteiger partial charge in [-0.2, -0.15) is 0 Å². The molecular weight excluding hydrogens is 228 g/mol. The summed E-state index contributed by atoms with van der Waals surface area (Å²) in [4.78, 5) is 9.72. The molecule has 0 aromatic heterocycles. The van der Waals surface area contributed by atoms with Crippen molar-refractivity contribution in [2.24, 2.45) is 0 Å². The van der Waals surface area contributed by atoms with Gasteiger partial charge in [0.05, 0.1) is 0 Å². The molecule has 0 heterocycles. The van der Waals surface area contributed by atoms with E-state index in [1.54, 1.807) is 7.11 Å². The van der Waals surface area contributed by atoms with Crippen LogP contribution < -0.4 is 0 Å². The fourth-order valence-electron chi connectivity index (χ4n) is 1.09. The highest BCUT2D eigenvalue weighted by Gasteiger charge is 2.26. The lowest BCUT2D eigenvalue weighted by molar-refractivity contribution is 0.332. The van der Waals surface area contributed by atoms with Crippen LogP contribution in [-0.2, 0) is 8.54 Å². The maximum Gasteiger partial charge on any atom is 0.310 e. The van der Waals surface area contributed by atoms with Crippen LogP contribution in [0.2, 0.25) is 44.8 Å². The molecule has 6 heteroatoms. The van der Waals surface area contributed by atoms with Crippen molar-refractivity contribution in [1.82, 2.24) is 0 Å². The minimum absolute atomic E-state index is 0.891. The van der Waals surface area contributed by atoms with Crippen LogP contribution in [0.1, 0.15) is 0 Å². The molecule has 14 heavy (non-hydrogen) atoms. The molecule has 0 aromatic carbocycles. The minimum Gasteiger partial charge on any atom is -0.438 e. The van der Waals surface area contributed by atoms with Gasteiger partial charge in [0.2, 0.25) is 0 Å². The third kappa shape index (κ3) is 9.10. The predicted molar refractivity (Wildman–Crippen MR) is 67.9 cm³/mol. The van der Waals surface area contributed by atoms with Crippen molar-refractivity contribution in [3.8, 4) is 0 Å². The Morgan fingerprint density at radius 2 is 1.64 bits per heavy atom. The first-order chi connectivity index (χ1) is 6.14. The first-order valence-corrected chi connectivity index (χ1v) is 13.4. The van der Waals surface area contributed by atoms with E-state index in [1.807, 2.05) is 13.1 Å². The normalized spacial score (nSPS) is 15.6. The molecule has 0 fully saturated rings. The highest BCUT2D eigenvalue weighted by atomic mass is 28.4. The highest BCUT2D eigenvalue weighted by molar-refractivity contribution is 6.77. The Bertz CT molecular complexity index is 162. The standard InChI is InChI=1S/C8H24O3Si3/c1-10-12(11-13(2,3)4)7-8-14(5,6)9/h9,12H,7-8H2,1-6H3. The third-order valence-corrected chi connectivity index (χ3v) is 9.00. The summed E-state index contributed by atoms with van der Waals surface area (Å²) < 4.78 is 11.3. The highest BCUT2D eigenvalue weighted by Crippen LogP contribution is 2.15. The van der Waals surface area contributed by atoms with Gasteiger partial charge in [-0.3, -0.25) is 0 Å². The van der Waals surface area contributed by atoms with E-state index in [-0.39, 0.29) is 0 Å². The maximum atomic E-state index is 9.72. The van der Waals surface area contributed by atoms with Gasteiger partial charge in [0.15, 0.2) is 16.6 Å². The number of rotatable bonds is 6. The van der Waals surface area contributed by atoms with Crippen LogP contribution in [0.5, 0.6) is 0 Å². The molecule has 1 atom stereocenters. The van der Waals surface area contributed by atoms with Crippen LogP contribution in [0, 0.1) is 0 Å². The molecule has 0 aliphatic heterocycles. The smallest absolute Gasteiger partial charge is 0.310 e. The van der Waals surface area contributed by atoms with Crippen molar-refractivity contribution < 1.29 is 13.3 Å². The van der Waals surface area contributed by atoms with E-state index in [9.17, 15) is 4.80 Å². The minimum atomic E-state index is -1.92. The van der Waals surface area contributed by atoms with Gasteiger partial charge in [-0.05, 0) is 44.8 Å². The van der Waals surface area contributed by atoms with Gasteiger partial charge in [-0.15, -0.1) is 0 Å². The summed E-state index contributed by atoms with van der Waals surface area (Å²) in [7, 11) is -3.16. The zero-order valence-corrected chi connectivity index (χ0v) is 13.4. The summed E-state index contributed by atoms with van der Waals surface area (Å²) in [6.45, 7) is 10.4. The lowest BCUT2D eigenvalue weighted by Crippen LogP contribution is -2.38. The summed E-state index contributed by atoms with van der Waals surface area (Å²) in [5.74, 6) is 0. The van der Waals surface area contributed by atoms with E-state index in [4.69, 9.17) is 8.54 Å². The largest absolute Gasteiger partial charge is 0.438 e. The quantitative estimate of drug-likeness (QED) is 0.734. The molecular formula is C8H24O3Si3. The van der Waals surface area contributed by atoms with Gasteiger partial charge >= 0.3 is 9.28 Å². The average molecular weight is 253 g/mol. The second-order valence-electron chi connectivity index (χ2n) is 5.25. The van der Waals surface area contributed by atoms with Crippen molar-refractivity contribution in [3.63, 3.8) is 0 Å². The van der Waals surface area contributed by atoms with Crippen molar-refractivity contribution in [2.75, 3.05) is 7.11 Å². The Kier molecular flexibility index (Phi) is 5.78. The second-order valence-corrected chi connectivity index (χ2v) is 16.4. The fraction of sp³-hybridized carbons (Fsp3) is 1.00. The Hall–Kier alpha value is 0.531. The summed E-state index contributed by atoms with van der Waals surface area (Å²) in [6.07, 6.45) is 0. The van der Waals surface area contributed by atoms with E-state index in [0.717, 1.165) is 12.1 Å². The third-order valence-electron chi connectivity index (χ3n) is 1.74. The molecule has 1 unspecified atom stereocenters. The lowest BCUT2D eigenvalue weighted by Gasteiger charge is -2.25. The molecule has 0 saturated carbocycles. The fourth-order valence-corrected chi connectivity index (χ4v) is 9.11. The van der Waals surface area contributed by atoms with E-state index in [0.29, 0.717) is 0 Å². The van der Waals surface area contributed by atoms with E-state index >= 15 is 0 Å². The molecule has 0 saturated heterocycles. The Balaban J connectivity index is 3.93. The van der Waals surface area contributed by atoms with Crippen LogP contribution in [0.4, 0.5) is 0 Å². The molecule has 86 valence electrons. The van der Waals surface area contributed by atoms with Gasteiger partial charge in [-0.25, -0.2) is 0 Å². The van der Waals surface area contributed by atoms with E-state index < -0.39 is 25.9 Å². The van der Waals surface area contributed by atoms with Crippen LogP contribution in [-0.4, -0.2) is 37.8 Å². The molecule has 0 rings (SSSR count). The van der Waals surface area contributed by atoms with Crippen molar-refractivity contribution >= 4 is 25.9 Å². The van der Waals surface area contributed by atoms with Crippen molar-refractivity contribution in [3.05, 3.63) is 0 Å². The summed E-state index contributed by atoms with van der Waals surface area (Å²) in [5, 5.41) is 0. The maximum absolute atomic E-state index is 9.72. The first kappa shape index (κ1) is 14.5. The van der Waals surface area contributed by atoms with E-state index in [1.165, 1.54) is 0 Å². The SMILES string of the molecule is CO[SiH](CC[Si](C)(C)O)O[Si](C)(C)C. The molecule has 0 radical (unpaired) electrons. The van der Waals surface area contributed by atoms with Crippen LogP contribution >= 0.6 is 0 Å². The molecule has 0 aromatic rings. The Morgan fingerprint density at radius 1 is 1.14 bits per heavy atom. The van der Waals surface area contributed by atoms with Crippen molar-refractivity contribution in [2.45, 2.75) is 44.8 Å². The van der Waals surface area contributed by atoms with Gasteiger partial charge in [0.1, 0.15) is 0 Å². The molecule has 3 nitrogen and oxygen atoms in total. The van der Waals surface area contributed by atoms with Gasteiger partial charge in [-0.1, -0.05) is 0 Å². The number of hydrogen-bond acceptors (Lipinski definition) is 3. The summed E-state index contributed by atoms with van der Waals surface area (Å²) in [6, 6.07) is 1.83. The summed E-state index contributed by atoms with van der Waals surface area (Å²) >= 11 is 0. The summed E-state index contributed by atoms with van der Waals surface area (Å²) in [5.41, 5.74) is 0. The zero-order chi connectivity index (χ0) is 11.4. The Labute approximate surface area is 91.5 Å². The van der Waals surface area contributed by atoms with Crippen LogP contribution in [0.15, 0.2) is 0 Å². The molecule has 0 aliphatic rings. The molecule has 0 bridgehead atoms. The molecule has 0 amide bonds. The first-order valence-electron chi connectivity index (χ1n) is 5.07. The average Bonchev–Trinajstić information content (AvgIpc) is 1.94. The van der Waals surface area contributed by atoms with Crippen LogP contribution in [0.3, 0.4) is 0 Å². The molecule has 1 N–H and O–H groups in total. The second kappa shape index (κ2) is 5.57. The molecule has 0 aliphatic carbocycles.